The Balaban J connectivity index is 2.09. The summed E-state index contributed by atoms with van der Waals surface area (Å²) in [5.74, 6) is 2.69. The van der Waals surface area contributed by atoms with Gasteiger partial charge in [0.2, 0.25) is 0 Å². The van der Waals surface area contributed by atoms with Gasteiger partial charge in [-0.3, -0.25) is 9.36 Å². The van der Waals surface area contributed by atoms with Gasteiger partial charge in [-0.1, -0.05) is 24.1 Å². The monoisotopic (exact) mass is 399 g/mol. The lowest BCUT2D eigenvalue weighted by molar-refractivity contribution is 0.463. The zero-order valence-corrected chi connectivity index (χ0v) is 15.8. The van der Waals surface area contributed by atoms with E-state index in [9.17, 15) is 22.6 Å². The summed E-state index contributed by atoms with van der Waals surface area (Å²) in [4.78, 5) is 28.9. The highest BCUT2D eigenvalue weighted by Crippen LogP contribution is 2.14. The average Bonchev–Trinajstić information content (AvgIpc) is 2.98. The third kappa shape index (κ3) is 3.28. The van der Waals surface area contributed by atoms with Crippen molar-refractivity contribution in [2.45, 2.75) is 11.4 Å². The highest BCUT2D eigenvalue weighted by Gasteiger charge is 2.16. The largest absolute Gasteiger partial charge is 0.744 e. The first-order valence-corrected chi connectivity index (χ1v) is 9.39. The van der Waals surface area contributed by atoms with Crippen molar-refractivity contribution >= 4 is 33.4 Å². The molecule has 3 aromatic rings. The maximum absolute atomic E-state index is 12.6. The molecule has 0 saturated heterocycles. The van der Waals surface area contributed by atoms with E-state index in [2.05, 4.69) is 10.9 Å². The lowest BCUT2D eigenvalue weighted by Gasteiger charge is -2.06. The summed E-state index contributed by atoms with van der Waals surface area (Å²) in [6, 6.07) is 5.36. The van der Waals surface area contributed by atoms with Gasteiger partial charge in [-0.15, -0.1) is 6.42 Å². The third-order valence-corrected chi connectivity index (χ3v) is 5.09. The third-order valence-electron chi connectivity index (χ3n) is 4.24. The lowest BCUT2D eigenvalue weighted by atomic mass is 10.2. The molecule has 2 heterocycles. The van der Waals surface area contributed by atoms with Crippen LogP contribution in [0.1, 0.15) is 11.4 Å². The summed E-state index contributed by atoms with van der Waals surface area (Å²) >= 11 is 0. The molecule has 0 amide bonds. The van der Waals surface area contributed by atoms with Crippen LogP contribution in [0.4, 0.5) is 0 Å². The fourth-order valence-electron chi connectivity index (χ4n) is 2.76. The summed E-state index contributed by atoms with van der Waals surface area (Å²) in [6.07, 6.45) is 8.48. The van der Waals surface area contributed by atoms with E-state index in [1.807, 2.05) is 0 Å². The van der Waals surface area contributed by atoms with E-state index >= 15 is 0 Å². The van der Waals surface area contributed by atoms with Crippen molar-refractivity contribution in [1.29, 1.82) is 0 Å². The SMILES string of the molecule is C#CCn1c(=O)c2c(nc(/C=C/c3ccc(S(=O)(=O)[O-])cc3)n2C)n(C)c1=O. The van der Waals surface area contributed by atoms with Crippen molar-refractivity contribution in [2.24, 2.45) is 14.1 Å². The van der Waals surface area contributed by atoms with E-state index in [0.29, 0.717) is 11.4 Å². The average molecular weight is 399 g/mol. The van der Waals surface area contributed by atoms with Gasteiger partial charge in [-0.2, -0.15) is 0 Å². The van der Waals surface area contributed by atoms with Gasteiger partial charge in [0.05, 0.1) is 11.4 Å². The number of fused-ring (bicyclic) bond motifs is 1. The van der Waals surface area contributed by atoms with E-state index in [0.717, 1.165) is 4.57 Å². The highest BCUT2D eigenvalue weighted by atomic mass is 32.2. The molecule has 0 unspecified atom stereocenters. The lowest BCUT2D eigenvalue weighted by Crippen LogP contribution is -2.39. The maximum atomic E-state index is 12.6. The molecule has 0 N–H and O–H groups in total. The standard InChI is InChI=1S/C18H16N4O5S/c1-4-11-22-17(23)15-16(21(3)18(22)24)19-14(20(15)2)10-7-12-5-8-13(9-6-12)28(25,26)27/h1,5-10H,11H2,2-3H3,(H,25,26,27)/p-1/b10-7+. The molecule has 0 aliphatic carbocycles. The molecule has 144 valence electrons. The molecule has 0 bridgehead atoms. The summed E-state index contributed by atoms with van der Waals surface area (Å²) < 4.78 is 36.7. The van der Waals surface area contributed by atoms with Crippen LogP contribution in [-0.2, 0) is 30.8 Å². The topological polar surface area (TPSA) is 119 Å². The Morgan fingerprint density at radius 1 is 1.14 bits per heavy atom. The van der Waals surface area contributed by atoms with E-state index in [1.54, 1.807) is 19.2 Å². The number of imidazole rings is 1. The van der Waals surface area contributed by atoms with Crippen LogP contribution in [-0.4, -0.2) is 31.7 Å². The number of benzene rings is 1. The molecular formula is C18H15N4O5S-. The normalized spacial score (nSPS) is 11.9. The number of hydrogen-bond acceptors (Lipinski definition) is 6. The van der Waals surface area contributed by atoms with E-state index in [1.165, 1.54) is 40.4 Å². The second kappa shape index (κ2) is 6.95. The van der Waals surface area contributed by atoms with Crippen LogP contribution in [0.15, 0.2) is 38.8 Å². The molecule has 0 spiro atoms. The Hall–Kier alpha value is -3.42. The molecule has 0 radical (unpaired) electrons. The fourth-order valence-corrected chi connectivity index (χ4v) is 3.23. The van der Waals surface area contributed by atoms with Crippen LogP contribution in [0.25, 0.3) is 23.3 Å². The maximum Gasteiger partial charge on any atom is 0.333 e. The summed E-state index contributed by atoms with van der Waals surface area (Å²) in [5, 5.41) is 0. The minimum Gasteiger partial charge on any atom is -0.744 e. The number of hydrogen-bond donors (Lipinski definition) is 0. The van der Waals surface area contributed by atoms with Crippen molar-refractivity contribution in [1.82, 2.24) is 18.7 Å². The first kappa shape index (κ1) is 19.3. The van der Waals surface area contributed by atoms with E-state index in [-0.39, 0.29) is 22.6 Å². The van der Waals surface area contributed by atoms with Crippen LogP contribution in [0.2, 0.25) is 0 Å². The minimum atomic E-state index is -4.51. The van der Waals surface area contributed by atoms with Crippen molar-refractivity contribution < 1.29 is 13.0 Å². The molecule has 10 heteroatoms. The van der Waals surface area contributed by atoms with E-state index in [4.69, 9.17) is 6.42 Å². The number of nitrogens with zero attached hydrogens (tertiary/aromatic N) is 4. The molecule has 2 aromatic heterocycles. The van der Waals surface area contributed by atoms with Gasteiger partial charge in [0.25, 0.3) is 5.56 Å². The van der Waals surface area contributed by atoms with Crippen molar-refractivity contribution in [3.63, 3.8) is 0 Å². The molecule has 28 heavy (non-hydrogen) atoms. The van der Waals surface area contributed by atoms with Gasteiger partial charge in [0.1, 0.15) is 15.9 Å². The summed E-state index contributed by atoms with van der Waals surface area (Å²) in [5.41, 5.74) is -0.0182. The molecule has 1 aromatic carbocycles. The molecule has 0 fully saturated rings. The molecule has 0 aliphatic heterocycles. The van der Waals surface area contributed by atoms with Gasteiger partial charge in [-0.05, 0) is 23.8 Å². The van der Waals surface area contributed by atoms with Crippen LogP contribution < -0.4 is 11.2 Å². The summed E-state index contributed by atoms with van der Waals surface area (Å²) in [6.45, 7) is -0.146. The van der Waals surface area contributed by atoms with Crippen LogP contribution in [0.5, 0.6) is 0 Å². The summed E-state index contributed by atoms with van der Waals surface area (Å²) in [7, 11) is -1.37. The Morgan fingerprint density at radius 2 is 1.79 bits per heavy atom. The van der Waals surface area contributed by atoms with Gasteiger partial charge >= 0.3 is 5.69 Å². The zero-order valence-electron chi connectivity index (χ0n) is 15.0. The Labute approximate surface area is 159 Å². The van der Waals surface area contributed by atoms with Crippen molar-refractivity contribution in [3.8, 4) is 12.3 Å². The van der Waals surface area contributed by atoms with Crippen LogP contribution in [0.3, 0.4) is 0 Å². The number of terminal acetylenes is 1. The van der Waals surface area contributed by atoms with Crippen molar-refractivity contribution in [3.05, 3.63) is 56.5 Å². The first-order valence-electron chi connectivity index (χ1n) is 7.99. The predicted octanol–water partition coefficient (Wildman–Crippen LogP) is 0.141. The molecule has 0 saturated carbocycles. The van der Waals surface area contributed by atoms with Gasteiger partial charge in [0.15, 0.2) is 11.2 Å². The molecule has 9 nitrogen and oxygen atoms in total. The molecule has 0 atom stereocenters. The van der Waals surface area contributed by atoms with Gasteiger partial charge in [0, 0.05) is 14.1 Å². The number of aryl methyl sites for hydroxylation is 2. The van der Waals surface area contributed by atoms with Crippen molar-refractivity contribution in [2.75, 3.05) is 0 Å². The minimum absolute atomic E-state index is 0.146. The fraction of sp³-hybridized carbons (Fsp3) is 0.167. The number of aromatic nitrogens is 4. The molecular weight excluding hydrogens is 384 g/mol. The van der Waals surface area contributed by atoms with Crippen LogP contribution >= 0.6 is 0 Å². The van der Waals surface area contributed by atoms with Gasteiger partial charge in [-0.25, -0.2) is 22.8 Å². The molecule has 0 aliphatic rings. The zero-order chi connectivity index (χ0) is 20.6. The van der Waals surface area contributed by atoms with E-state index < -0.39 is 21.4 Å². The smallest absolute Gasteiger partial charge is 0.333 e. The Bertz CT molecular complexity index is 1370. The van der Waals surface area contributed by atoms with Gasteiger partial charge < -0.3 is 9.12 Å². The molecule has 3 rings (SSSR count). The Morgan fingerprint density at radius 3 is 2.36 bits per heavy atom. The first-order chi connectivity index (χ1) is 13.1. The second-order valence-corrected chi connectivity index (χ2v) is 7.37. The quantitative estimate of drug-likeness (QED) is 0.455. The second-order valence-electron chi connectivity index (χ2n) is 5.99. The Kier molecular flexibility index (Phi) is 4.80. The highest BCUT2D eigenvalue weighted by molar-refractivity contribution is 7.85. The van der Waals surface area contributed by atoms with Crippen LogP contribution in [0, 0.1) is 12.3 Å². The number of rotatable bonds is 4. The predicted molar refractivity (Wildman–Crippen MR) is 102 cm³/mol.